The molecule has 1 aliphatic rings. The number of pyridine rings is 1. The third kappa shape index (κ3) is 6.38. The van der Waals surface area contributed by atoms with Gasteiger partial charge in [-0.1, -0.05) is 25.1 Å². The van der Waals surface area contributed by atoms with Crippen LogP contribution in [0.4, 0.5) is 4.79 Å². The molecule has 4 rings (SSSR count). The highest BCUT2D eigenvalue weighted by Crippen LogP contribution is 2.21. The van der Waals surface area contributed by atoms with Crippen molar-refractivity contribution >= 4 is 28.8 Å². The van der Waals surface area contributed by atoms with Crippen molar-refractivity contribution < 1.29 is 29.1 Å². The Bertz CT molecular complexity index is 1300. The fourth-order valence-corrected chi connectivity index (χ4v) is 4.56. The Labute approximate surface area is 220 Å². The highest BCUT2D eigenvalue weighted by atomic mass is 16.6. The minimum absolute atomic E-state index is 0.0267. The van der Waals surface area contributed by atoms with Crippen LogP contribution >= 0.6 is 0 Å². The van der Waals surface area contributed by atoms with Gasteiger partial charge in [0.2, 0.25) is 5.91 Å². The van der Waals surface area contributed by atoms with Crippen LogP contribution in [0.2, 0.25) is 0 Å². The summed E-state index contributed by atoms with van der Waals surface area (Å²) in [6.45, 7) is 4.69. The van der Waals surface area contributed by atoms with Crippen molar-refractivity contribution in [3.05, 3.63) is 71.4 Å². The molecule has 3 aromatic rings. The van der Waals surface area contributed by atoms with E-state index in [9.17, 15) is 14.4 Å². The molecule has 0 aliphatic carbocycles. The minimum Gasteiger partial charge on any atom is -0.493 e. The van der Waals surface area contributed by atoms with E-state index in [2.05, 4.69) is 22.4 Å². The average Bonchev–Trinajstić information content (AvgIpc) is 3.35. The van der Waals surface area contributed by atoms with Crippen molar-refractivity contribution in [1.82, 2.24) is 20.7 Å². The van der Waals surface area contributed by atoms with Crippen LogP contribution in [0.25, 0.3) is 10.9 Å². The number of likely N-dealkylation sites (tertiary alicyclic amines) is 1. The number of aryl methyl sites for hydroxylation is 1. The maximum atomic E-state index is 12.9. The fraction of sp³-hybridized carbons (Fsp3) is 0.357. The lowest BCUT2D eigenvalue weighted by Gasteiger charge is -2.18. The van der Waals surface area contributed by atoms with Gasteiger partial charge in [0.1, 0.15) is 5.75 Å². The molecule has 38 heavy (non-hydrogen) atoms. The lowest BCUT2D eigenvalue weighted by Crippen LogP contribution is -2.45. The van der Waals surface area contributed by atoms with E-state index in [0.717, 1.165) is 22.2 Å². The number of carbonyl (C=O) groups is 3. The number of hydrogen-bond acceptors (Lipinski definition) is 7. The summed E-state index contributed by atoms with van der Waals surface area (Å²) >= 11 is 0. The van der Waals surface area contributed by atoms with Crippen LogP contribution in [0.15, 0.2) is 54.6 Å². The van der Waals surface area contributed by atoms with Crippen LogP contribution in [0, 0.1) is 12.8 Å². The zero-order valence-electron chi connectivity index (χ0n) is 21.5. The molecule has 1 aliphatic heterocycles. The molecule has 3 amide bonds. The van der Waals surface area contributed by atoms with E-state index < -0.39 is 29.9 Å². The van der Waals surface area contributed by atoms with Crippen LogP contribution in [0.3, 0.4) is 0 Å². The SMILES string of the molecule is CCCOC(=O)N1C[C@H](C(=O)NO)[C@H](NC(=O)c2ccc(OCCc3cc(C)nc4ccccc34)cc2)C1. The Kier molecular flexibility index (Phi) is 8.75. The molecule has 10 nitrogen and oxygen atoms in total. The molecular formula is C28H32N4O6. The van der Waals surface area contributed by atoms with Gasteiger partial charge in [0.15, 0.2) is 0 Å². The molecule has 0 bridgehead atoms. The number of hydrogen-bond donors (Lipinski definition) is 3. The van der Waals surface area contributed by atoms with Crippen molar-refractivity contribution in [1.29, 1.82) is 0 Å². The Hall–Kier alpha value is -4.18. The second-order valence-electron chi connectivity index (χ2n) is 9.24. The zero-order chi connectivity index (χ0) is 27.1. The summed E-state index contributed by atoms with van der Waals surface area (Å²) in [5.41, 5.74) is 5.07. The first-order chi connectivity index (χ1) is 18.4. The second-order valence-corrected chi connectivity index (χ2v) is 9.24. The van der Waals surface area contributed by atoms with Crippen LogP contribution in [-0.2, 0) is 16.0 Å². The first-order valence-electron chi connectivity index (χ1n) is 12.6. The van der Waals surface area contributed by atoms with E-state index in [0.29, 0.717) is 30.8 Å². The number of carbonyl (C=O) groups excluding carboxylic acids is 3. The van der Waals surface area contributed by atoms with Gasteiger partial charge in [-0.05, 0) is 55.3 Å². The van der Waals surface area contributed by atoms with E-state index in [4.69, 9.17) is 14.7 Å². The van der Waals surface area contributed by atoms with Gasteiger partial charge in [0.05, 0.1) is 30.7 Å². The molecule has 2 atom stereocenters. The Morgan fingerprint density at radius 2 is 1.84 bits per heavy atom. The van der Waals surface area contributed by atoms with Crippen LogP contribution in [0.1, 0.15) is 35.0 Å². The highest BCUT2D eigenvalue weighted by Gasteiger charge is 2.41. The molecule has 2 aromatic carbocycles. The summed E-state index contributed by atoms with van der Waals surface area (Å²) in [6.07, 6.45) is 0.815. The normalized spacial score (nSPS) is 16.8. The molecule has 0 unspecified atom stereocenters. The molecule has 1 aromatic heterocycles. The lowest BCUT2D eigenvalue weighted by molar-refractivity contribution is -0.133. The van der Waals surface area contributed by atoms with E-state index in [1.807, 2.05) is 32.0 Å². The number of benzene rings is 2. The van der Waals surface area contributed by atoms with Gasteiger partial charge in [-0.15, -0.1) is 0 Å². The van der Waals surface area contributed by atoms with Crippen molar-refractivity contribution in [3.8, 4) is 5.75 Å². The molecule has 0 saturated carbocycles. The topological polar surface area (TPSA) is 130 Å². The average molecular weight is 521 g/mol. The number of hydroxylamine groups is 1. The number of fused-ring (bicyclic) bond motifs is 1. The first-order valence-corrected chi connectivity index (χ1v) is 12.6. The summed E-state index contributed by atoms with van der Waals surface area (Å²) in [5, 5.41) is 13.0. The molecule has 3 N–H and O–H groups in total. The first kappa shape index (κ1) is 26.9. The molecule has 10 heteroatoms. The number of nitrogens with zero attached hydrogens (tertiary/aromatic N) is 2. The smallest absolute Gasteiger partial charge is 0.409 e. The predicted octanol–water partition coefficient (Wildman–Crippen LogP) is 3.25. The Morgan fingerprint density at radius 1 is 1.08 bits per heavy atom. The molecular weight excluding hydrogens is 488 g/mol. The van der Waals surface area contributed by atoms with Crippen LogP contribution in [-0.4, -0.2) is 65.3 Å². The number of aromatic nitrogens is 1. The third-order valence-corrected chi connectivity index (χ3v) is 6.46. The van der Waals surface area contributed by atoms with Gasteiger partial charge >= 0.3 is 6.09 Å². The zero-order valence-corrected chi connectivity index (χ0v) is 21.5. The maximum Gasteiger partial charge on any atom is 0.409 e. The maximum absolute atomic E-state index is 12.9. The largest absolute Gasteiger partial charge is 0.493 e. The molecule has 1 fully saturated rings. The molecule has 0 radical (unpaired) electrons. The van der Waals surface area contributed by atoms with Crippen molar-refractivity contribution in [3.63, 3.8) is 0 Å². The Balaban J connectivity index is 1.34. The van der Waals surface area contributed by atoms with Gasteiger partial charge in [0, 0.05) is 36.2 Å². The van der Waals surface area contributed by atoms with E-state index in [1.54, 1.807) is 29.7 Å². The third-order valence-electron chi connectivity index (χ3n) is 6.46. The van der Waals surface area contributed by atoms with E-state index in [-0.39, 0.29) is 19.7 Å². The number of nitrogens with one attached hydrogen (secondary N) is 2. The minimum atomic E-state index is -0.811. The fourth-order valence-electron chi connectivity index (χ4n) is 4.56. The lowest BCUT2D eigenvalue weighted by atomic mass is 10.0. The van der Waals surface area contributed by atoms with Gasteiger partial charge in [0.25, 0.3) is 5.91 Å². The van der Waals surface area contributed by atoms with Crippen LogP contribution < -0.4 is 15.5 Å². The molecule has 0 spiro atoms. The number of amides is 3. The van der Waals surface area contributed by atoms with Crippen LogP contribution in [0.5, 0.6) is 5.75 Å². The summed E-state index contributed by atoms with van der Waals surface area (Å²) in [5.74, 6) is -1.27. The van der Waals surface area contributed by atoms with E-state index in [1.165, 1.54) is 4.90 Å². The number of ether oxygens (including phenoxy) is 2. The summed E-state index contributed by atoms with van der Waals surface area (Å²) in [4.78, 5) is 43.2. The standard InChI is InChI=1S/C28H32N4O6/c1-3-13-38-28(35)32-16-23(27(34)31-36)25(17-32)30-26(33)19-8-10-21(11-9-19)37-14-12-20-15-18(2)29-24-7-5-4-6-22(20)24/h4-11,15,23,25,36H,3,12-14,16-17H2,1-2H3,(H,30,33)(H,31,34)/t23-,25+/m0/s1. The number of para-hydroxylation sites is 1. The Morgan fingerprint density at radius 3 is 2.58 bits per heavy atom. The number of rotatable bonds is 9. The second kappa shape index (κ2) is 12.4. The van der Waals surface area contributed by atoms with Gasteiger partial charge < -0.3 is 19.7 Å². The van der Waals surface area contributed by atoms with Crippen molar-refractivity contribution in [2.45, 2.75) is 32.7 Å². The monoisotopic (exact) mass is 520 g/mol. The molecule has 200 valence electrons. The van der Waals surface area contributed by atoms with Crippen molar-refractivity contribution in [2.75, 3.05) is 26.3 Å². The predicted molar refractivity (Wildman–Crippen MR) is 140 cm³/mol. The van der Waals surface area contributed by atoms with Gasteiger partial charge in [-0.3, -0.25) is 19.8 Å². The van der Waals surface area contributed by atoms with Gasteiger partial charge in [-0.25, -0.2) is 10.3 Å². The summed E-state index contributed by atoms with van der Waals surface area (Å²) in [7, 11) is 0. The summed E-state index contributed by atoms with van der Waals surface area (Å²) < 4.78 is 11.0. The van der Waals surface area contributed by atoms with Crippen molar-refractivity contribution in [2.24, 2.45) is 5.92 Å². The van der Waals surface area contributed by atoms with E-state index >= 15 is 0 Å². The molecule has 2 heterocycles. The quantitative estimate of drug-likeness (QED) is 0.292. The highest BCUT2D eigenvalue weighted by molar-refractivity contribution is 5.95. The molecule has 1 saturated heterocycles. The van der Waals surface area contributed by atoms with Gasteiger partial charge in [-0.2, -0.15) is 0 Å². The summed E-state index contributed by atoms with van der Waals surface area (Å²) in [6, 6.07) is 16.1.